The zero-order chi connectivity index (χ0) is 14.9. The highest BCUT2D eigenvalue weighted by Crippen LogP contribution is 2.25. The van der Waals surface area contributed by atoms with Gasteiger partial charge >= 0.3 is 0 Å². The van der Waals surface area contributed by atoms with E-state index in [9.17, 15) is 4.79 Å². The molecule has 0 saturated heterocycles. The first-order valence-electron chi connectivity index (χ1n) is 6.55. The van der Waals surface area contributed by atoms with Crippen molar-refractivity contribution in [2.45, 2.75) is 0 Å². The third-order valence-electron chi connectivity index (χ3n) is 3.18. The third-order valence-corrected chi connectivity index (χ3v) is 4.07. The van der Waals surface area contributed by atoms with Crippen molar-refractivity contribution in [3.05, 3.63) is 59.9 Å². The van der Waals surface area contributed by atoms with E-state index in [1.807, 2.05) is 41.8 Å². The lowest BCUT2D eigenvalue weighted by molar-refractivity contribution is 0.1000. The maximum Gasteiger partial charge on any atom is 0.292 e. The average molecular weight is 310 g/mol. The summed E-state index contributed by atoms with van der Waals surface area (Å²) in [4.78, 5) is 17.4. The predicted octanol–water partition coefficient (Wildman–Crippen LogP) is 3.14. The van der Waals surface area contributed by atoms with Crippen LogP contribution < -0.4 is 5.43 Å². The lowest BCUT2D eigenvalue weighted by Gasteiger charge is -2.04. The second-order valence-electron chi connectivity index (χ2n) is 4.60. The first-order valence-corrected chi connectivity index (χ1v) is 7.43. The van der Waals surface area contributed by atoms with Gasteiger partial charge in [-0.1, -0.05) is 23.4 Å². The van der Waals surface area contributed by atoms with Gasteiger partial charge in [-0.25, -0.2) is 9.66 Å². The molecule has 4 rings (SSSR count). The van der Waals surface area contributed by atoms with Crippen molar-refractivity contribution in [2.75, 3.05) is 5.43 Å². The van der Waals surface area contributed by atoms with Crippen LogP contribution in [-0.4, -0.2) is 20.7 Å². The van der Waals surface area contributed by atoms with Crippen LogP contribution in [0.3, 0.4) is 0 Å². The summed E-state index contributed by atoms with van der Waals surface area (Å²) in [6.07, 6.45) is 1.56. The summed E-state index contributed by atoms with van der Waals surface area (Å²) in [6.45, 7) is 0. The minimum absolute atomic E-state index is 0.223. The van der Waals surface area contributed by atoms with Crippen LogP contribution in [0, 0.1) is 0 Å². The van der Waals surface area contributed by atoms with Crippen LogP contribution in [0.1, 0.15) is 10.5 Å². The van der Waals surface area contributed by atoms with Crippen molar-refractivity contribution in [1.82, 2.24) is 14.8 Å². The number of hydrogen-bond acceptors (Lipinski definition) is 5. The maximum atomic E-state index is 12.3. The molecular weight excluding hydrogens is 300 g/mol. The molecule has 0 fully saturated rings. The number of fused-ring (bicyclic) bond motifs is 1. The Balaban J connectivity index is 1.60. The summed E-state index contributed by atoms with van der Waals surface area (Å²) < 4.78 is 6.78. The fraction of sp³-hybridized carbons (Fsp3) is 0. The van der Waals surface area contributed by atoms with Crippen LogP contribution in [0.2, 0.25) is 0 Å². The molecule has 22 heavy (non-hydrogen) atoms. The topological polar surface area (TPSA) is 73.0 Å². The summed E-state index contributed by atoms with van der Waals surface area (Å²) in [7, 11) is 0. The van der Waals surface area contributed by atoms with Gasteiger partial charge in [-0.05, 0) is 23.6 Å². The molecule has 3 aromatic heterocycles. The minimum Gasteiger partial charge on any atom is -0.355 e. The molecule has 0 aliphatic rings. The van der Waals surface area contributed by atoms with Crippen LogP contribution in [0.25, 0.3) is 21.7 Å². The van der Waals surface area contributed by atoms with Crippen molar-refractivity contribution in [2.24, 2.45) is 0 Å². The molecule has 108 valence electrons. The normalized spacial score (nSPS) is 10.9. The van der Waals surface area contributed by atoms with Gasteiger partial charge in [-0.3, -0.25) is 10.2 Å². The van der Waals surface area contributed by atoms with Gasteiger partial charge in [0.1, 0.15) is 6.33 Å². The van der Waals surface area contributed by atoms with Gasteiger partial charge < -0.3 is 4.52 Å². The number of para-hydroxylation sites is 2. The predicted molar refractivity (Wildman–Crippen MR) is 83.2 cm³/mol. The third kappa shape index (κ3) is 2.17. The number of hydrogen-bond donors (Lipinski definition) is 1. The molecule has 1 aromatic carbocycles. The fourth-order valence-corrected chi connectivity index (χ4v) is 2.81. The average Bonchev–Trinajstić information content (AvgIpc) is 3.28. The van der Waals surface area contributed by atoms with Gasteiger partial charge in [0.15, 0.2) is 11.5 Å². The Morgan fingerprint density at radius 2 is 2.14 bits per heavy atom. The van der Waals surface area contributed by atoms with E-state index >= 15 is 0 Å². The second-order valence-corrected chi connectivity index (χ2v) is 5.55. The highest BCUT2D eigenvalue weighted by molar-refractivity contribution is 7.13. The lowest BCUT2D eigenvalue weighted by Crippen LogP contribution is -2.22. The Bertz CT molecular complexity index is 939. The molecule has 0 unspecified atom stereocenters. The Hall–Kier alpha value is -2.93. The molecule has 1 N–H and O–H groups in total. The largest absolute Gasteiger partial charge is 0.355 e. The van der Waals surface area contributed by atoms with Gasteiger partial charge in [-0.15, -0.1) is 11.3 Å². The van der Waals surface area contributed by atoms with Gasteiger partial charge in [0, 0.05) is 6.07 Å². The van der Waals surface area contributed by atoms with Crippen LogP contribution in [0.4, 0.5) is 0 Å². The van der Waals surface area contributed by atoms with E-state index in [-0.39, 0.29) is 11.6 Å². The van der Waals surface area contributed by atoms with E-state index in [1.54, 1.807) is 17.1 Å². The number of imidazole rings is 1. The van der Waals surface area contributed by atoms with Gasteiger partial charge in [0.25, 0.3) is 5.91 Å². The second kappa shape index (κ2) is 5.12. The van der Waals surface area contributed by atoms with Crippen LogP contribution >= 0.6 is 11.3 Å². The van der Waals surface area contributed by atoms with E-state index < -0.39 is 0 Å². The maximum absolute atomic E-state index is 12.3. The van der Waals surface area contributed by atoms with Crippen LogP contribution in [-0.2, 0) is 0 Å². The number of aromatic nitrogens is 3. The number of carbonyl (C=O) groups excluding carboxylic acids is 1. The molecule has 0 spiro atoms. The lowest BCUT2D eigenvalue weighted by atomic mass is 10.3. The van der Waals surface area contributed by atoms with Gasteiger partial charge in [-0.2, -0.15) is 0 Å². The SMILES string of the molecule is O=C(Nn1cnc2ccccc21)c1cc(-c2cccs2)on1. The number of benzene rings is 1. The molecule has 0 atom stereocenters. The molecular formula is C15H10N4O2S. The molecule has 7 heteroatoms. The minimum atomic E-state index is -0.352. The van der Waals surface area contributed by atoms with Crippen molar-refractivity contribution < 1.29 is 9.32 Å². The summed E-state index contributed by atoms with van der Waals surface area (Å²) in [5.74, 6) is 0.227. The zero-order valence-electron chi connectivity index (χ0n) is 11.3. The number of nitrogens with one attached hydrogen (secondary N) is 1. The van der Waals surface area contributed by atoms with Gasteiger partial charge in [0.2, 0.25) is 0 Å². The summed E-state index contributed by atoms with van der Waals surface area (Å²) in [5.41, 5.74) is 4.58. The quantitative estimate of drug-likeness (QED) is 0.631. The summed E-state index contributed by atoms with van der Waals surface area (Å²) in [6, 6.07) is 13.0. The Morgan fingerprint density at radius 1 is 1.23 bits per heavy atom. The number of carbonyl (C=O) groups is 1. The van der Waals surface area contributed by atoms with Crippen molar-refractivity contribution in [3.63, 3.8) is 0 Å². The first-order chi connectivity index (χ1) is 10.8. The number of thiophene rings is 1. The molecule has 0 bridgehead atoms. The van der Waals surface area contributed by atoms with Crippen LogP contribution in [0.5, 0.6) is 0 Å². The number of amides is 1. The molecule has 0 saturated carbocycles. The standard InChI is InChI=1S/C15H10N4O2S/c20-15(11-8-13(21-18-11)14-6-3-7-22-14)17-19-9-16-10-4-1-2-5-12(10)19/h1-9H,(H,17,20). The van der Waals surface area contributed by atoms with Crippen molar-refractivity contribution in [1.29, 1.82) is 0 Å². The molecule has 1 amide bonds. The molecule has 0 radical (unpaired) electrons. The monoisotopic (exact) mass is 310 g/mol. The molecule has 6 nitrogen and oxygen atoms in total. The number of rotatable bonds is 3. The molecule has 4 aromatic rings. The van der Waals surface area contributed by atoms with Crippen molar-refractivity contribution in [3.8, 4) is 10.6 Å². The van der Waals surface area contributed by atoms with E-state index in [0.29, 0.717) is 5.76 Å². The van der Waals surface area contributed by atoms with E-state index in [0.717, 1.165) is 15.9 Å². The summed E-state index contributed by atoms with van der Waals surface area (Å²) >= 11 is 1.53. The van der Waals surface area contributed by atoms with E-state index in [2.05, 4.69) is 15.6 Å². The van der Waals surface area contributed by atoms with E-state index in [4.69, 9.17) is 4.52 Å². The smallest absolute Gasteiger partial charge is 0.292 e. The van der Waals surface area contributed by atoms with E-state index in [1.165, 1.54) is 11.3 Å². The fourth-order valence-electron chi connectivity index (χ4n) is 2.13. The van der Waals surface area contributed by atoms with Gasteiger partial charge in [0.05, 0.1) is 15.9 Å². The number of nitrogens with zero attached hydrogens (tertiary/aromatic N) is 3. The highest BCUT2D eigenvalue weighted by Gasteiger charge is 2.15. The molecule has 3 heterocycles. The van der Waals surface area contributed by atoms with Crippen molar-refractivity contribution >= 4 is 28.3 Å². The zero-order valence-corrected chi connectivity index (χ0v) is 12.1. The molecule has 0 aliphatic heterocycles. The Labute approximate surface area is 129 Å². The first kappa shape index (κ1) is 12.8. The highest BCUT2D eigenvalue weighted by atomic mass is 32.1. The Morgan fingerprint density at radius 3 is 3.00 bits per heavy atom. The summed E-state index contributed by atoms with van der Waals surface area (Å²) in [5, 5.41) is 5.76. The Kier molecular flexibility index (Phi) is 2.97. The van der Waals surface area contributed by atoms with Crippen LogP contribution in [0.15, 0.2) is 58.7 Å². The molecule has 0 aliphatic carbocycles.